The van der Waals surface area contributed by atoms with Gasteiger partial charge in [-0.3, -0.25) is 9.69 Å². The number of nitrogens with zero attached hydrogens (tertiary/aromatic N) is 2. The molecule has 2 fully saturated rings. The van der Waals surface area contributed by atoms with E-state index in [1.165, 1.54) is 19.3 Å². The monoisotopic (exact) mass is 297 g/mol. The second kappa shape index (κ2) is 7.56. The molecule has 0 bridgehead atoms. The van der Waals surface area contributed by atoms with Crippen molar-refractivity contribution in [3.63, 3.8) is 0 Å². The van der Waals surface area contributed by atoms with Gasteiger partial charge in [0.15, 0.2) is 0 Å². The molecular weight excluding hydrogens is 266 g/mol. The molecule has 1 heterocycles. The zero-order valence-electron chi connectivity index (χ0n) is 13.8. The van der Waals surface area contributed by atoms with Crippen LogP contribution >= 0.6 is 0 Å². The predicted octanol–water partition coefficient (Wildman–Crippen LogP) is 1.07. The second-order valence-corrected chi connectivity index (χ2v) is 6.61. The van der Waals surface area contributed by atoms with Crippen molar-refractivity contribution in [1.29, 1.82) is 0 Å². The first kappa shape index (κ1) is 16.7. The summed E-state index contributed by atoms with van der Waals surface area (Å²) in [5.41, 5.74) is 5.89. The van der Waals surface area contributed by atoms with Gasteiger partial charge in [0.1, 0.15) is 0 Å². The third-order valence-corrected chi connectivity index (χ3v) is 4.91. The van der Waals surface area contributed by atoms with Crippen LogP contribution in [0.1, 0.15) is 40.0 Å². The minimum absolute atomic E-state index is 0.135. The van der Waals surface area contributed by atoms with Crippen LogP contribution in [0.2, 0.25) is 0 Å². The molecule has 1 aliphatic carbocycles. The zero-order chi connectivity index (χ0) is 15.4. The van der Waals surface area contributed by atoms with Crippen LogP contribution in [0.25, 0.3) is 0 Å². The third-order valence-electron chi connectivity index (χ3n) is 4.91. The molecule has 0 aromatic rings. The molecule has 1 aliphatic heterocycles. The number of hydrogen-bond acceptors (Lipinski definition) is 4. The van der Waals surface area contributed by atoms with Gasteiger partial charge >= 0.3 is 0 Å². The molecule has 122 valence electrons. The van der Waals surface area contributed by atoms with Crippen LogP contribution in [0, 0.1) is 5.92 Å². The molecule has 5 heteroatoms. The maximum atomic E-state index is 12.6. The minimum Gasteiger partial charge on any atom is -0.372 e. The highest BCUT2D eigenvalue weighted by molar-refractivity contribution is 5.78. The molecule has 5 nitrogen and oxygen atoms in total. The number of rotatable bonds is 5. The van der Waals surface area contributed by atoms with Crippen molar-refractivity contribution < 1.29 is 9.53 Å². The summed E-state index contributed by atoms with van der Waals surface area (Å²) in [5.74, 6) is 0.793. The molecule has 2 rings (SSSR count). The predicted molar refractivity (Wildman–Crippen MR) is 84.0 cm³/mol. The van der Waals surface area contributed by atoms with E-state index in [1.54, 1.807) is 0 Å². The van der Waals surface area contributed by atoms with Crippen LogP contribution in [0.15, 0.2) is 0 Å². The van der Waals surface area contributed by atoms with E-state index in [-0.39, 0.29) is 18.1 Å². The van der Waals surface area contributed by atoms with Gasteiger partial charge in [0, 0.05) is 19.1 Å². The highest BCUT2D eigenvalue weighted by Crippen LogP contribution is 2.29. The van der Waals surface area contributed by atoms with Crippen LogP contribution < -0.4 is 5.73 Å². The average molecular weight is 297 g/mol. The van der Waals surface area contributed by atoms with Crippen LogP contribution in [0.4, 0.5) is 0 Å². The van der Waals surface area contributed by atoms with Gasteiger partial charge in [0.05, 0.1) is 18.8 Å². The van der Waals surface area contributed by atoms with Crippen molar-refractivity contribution in [2.24, 2.45) is 11.7 Å². The van der Waals surface area contributed by atoms with Crippen molar-refractivity contribution >= 4 is 5.91 Å². The Morgan fingerprint density at radius 1 is 1.29 bits per heavy atom. The molecule has 0 radical (unpaired) electrons. The molecule has 21 heavy (non-hydrogen) atoms. The summed E-state index contributed by atoms with van der Waals surface area (Å²) in [4.78, 5) is 16.9. The summed E-state index contributed by atoms with van der Waals surface area (Å²) in [6.45, 7) is 9.82. The van der Waals surface area contributed by atoms with Gasteiger partial charge < -0.3 is 15.4 Å². The molecule has 0 spiro atoms. The van der Waals surface area contributed by atoms with Gasteiger partial charge in [0.25, 0.3) is 0 Å². The van der Waals surface area contributed by atoms with Crippen LogP contribution in [0.3, 0.4) is 0 Å². The summed E-state index contributed by atoms with van der Waals surface area (Å²) in [6, 6.07) is 0.486. The lowest BCUT2D eigenvalue weighted by atomic mass is 10.0. The van der Waals surface area contributed by atoms with E-state index in [0.29, 0.717) is 31.6 Å². The SMILES string of the molecule is CCN(CC(=O)N1CC(C)OC(C)C1)C1CCCC1CN. The Morgan fingerprint density at radius 3 is 2.52 bits per heavy atom. The molecule has 1 saturated heterocycles. The van der Waals surface area contributed by atoms with E-state index in [0.717, 1.165) is 13.1 Å². The topological polar surface area (TPSA) is 58.8 Å². The summed E-state index contributed by atoms with van der Waals surface area (Å²) < 4.78 is 5.71. The Morgan fingerprint density at radius 2 is 1.95 bits per heavy atom. The third kappa shape index (κ3) is 4.18. The lowest BCUT2D eigenvalue weighted by Crippen LogP contribution is -2.52. The van der Waals surface area contributed by atoms with E-state index in [1.807, 2.05) is 18.7 Å². The normalized spacial score (nSPS) is 33.7. The summed E-state index contributed by atoms with van der Waals surface area (Å²) in [7, 11) is 0. The first-order chi connectivity index (χ1) is 10.0. The van der Waals surface area contributed by atoms with Gasteiger partial charge in [-0.1, -0.05) is 13.3 Å². The summed E-state index contributed by atoms with van der Waals surface area (Å²) in [5, 5.41) is 0. The van der Waals surface area contributed by atoms with Gasteiger partial charge in [-0.25, -0.2) is 0 Å². The van der Waals surface area contributed by atoms with Crippen LogP contribution in [-0.2, 0) is 9.53 Å². The van der Waals surface area contributed by atoms with E-state index in [4.69, 9.17) is 10.5 Å². The molecule has 4 unspecified atom stereocenters. The number of ether oxygens (including phenoxy) is 1. The Balaban J connectivity index is 1.93. The summed E-state index contributed by atoms with van der Waals surface area (Å²) in [6.07, 6.45) is 3.89. The first-order valence-corrected chi connectivity index (χ1v) is 8.42. The maximum absolute atomic E-state index is 12.6. The van der Waals surface area contributed by atoms with Crippen molar-refractivity contribution in [3.05, 3.63) is 0 Å². The molecule has 1 saturated carbocycles. The van der Waals surface area contributed by atoms with Gasteiger partial charge in [-0.05, 0) is 45.7 Å². The molecule has 0 aromatic carbocycles. The fraction of sp³-hybridized carbons (Fsp3) is 0.938. The van der Waals surface area contributed by atoms with Crippen molar-refractivity contribution in [1.82, 2.24) is 9.80 Å². The first-order valence-electron chi connectivity index (χ1n) is 8.42. The van der Waals surface area contributed by atoms with E-state index >= 15 is 0 Å². The highest BCUT2D eigenvalue weighted by atomic mass is 16.5. The molecule has 0 aromatic heterocycles. The van der Waals surface area contributed by atoms with Crippen LogP contribution in [-0.4, -0.2) is 66.7 Å². The van der Waals surface area contributed by atoms with Crippen molar-refractivity contribution in [2.75, 3.05) is 32.7 Å². The largest absolute Gasteiger partial charge is 0.372 e. The van der Waals surface area contributed by atoms with Crippen molar-refractivity contribution in [3.8, 4) is 0 Å². The quantitative estimate of drug-likeness (QED) is 0.825. The molecule has 2 aliphatic rings. The van der Waals surface area contributed by atoms with Crippen LogP contribution in [0.5, 0.6) is 0 Å². The number of carbonyl (C=O) groups is 1. The number of morpholine rings is 1. The standard InChI is InChI=1S/C16H31N3O2/c1-4-18(15-7-5-6-14(15)8-17)11-16(20)19-9-12(2)21-13(3)10-19/h12-15H,4-11,17H2,1-3H3. The maximum Gasteiger partial charge on any atom is 0.236 e. The summed E-state index contributed by atoms with van der Waals surface area (Å²) >= 11 is 0. The Bertz CT molecular complexity index is 340. The van der Waals surface area contributed by atoms with Gasteiger partial charge in [-0.15, -0.1) is 0 Å². The number of carbonyl (C=O) groups excluding carboxylic acids is 1. The second-order valence-electron chi connectivity index (χ2n) is 6.61. The Kier molecular flexibility index (Phi) is 6.02. The number of nitrogens with two attached hydrogens (primary N) is 1. The molecule has 1 amide bonds. The number of amides is 1. The highest BCUT2D eigenvalue weighted by Gasteiger charge is 2.33. The number of likely N-dealkylation sites (N-methyl/N-ethyl adjacent to an activating group) is 1. The van der Waals surface area contributed by atoms with E-state index < -0.39 is 0 Å². The molecular formula is C16H31N3O2. The fourth-order valence-corrected chi connectivity index (χ4v) is 3.89. The Labute approximate surface area is 128 Å². The smallest absolute Gasteiger partial charge is 0.236 e. The van der Waals surface area contributed by atoms with E-state index in [9.17, 15) is 4.79 Å². The molecule has 2 N–H and O–H groups in total. The zero-order valence-corrected chi connectivity index (χ0v) is 13.8. The van der Waals surface area contributed by atoms with Crippen molar-refractivity contribution in [2.45, 2.75) is 58.3 Å². The molecule has 4 atom stereocenters. The minimum atomic E-state index is 0.135. The van der Waals surface area contributed by atoms with E-state index in [2.05, 4.69) is 11.8 Å². The average Bonchev–Trinajstić information content (AvgIpc) is 2.91. The fourth-order valence-electron chi connectivity index (χ4n) is 3.89. The number of hydrogen-bond donors (Lipinski definition) is 1. The Hall–Kier alpha value is -0.650. The lowest BCUT2D eigenvalue weighted by Gasteiger charge is -2.38. The van der Waals surface area contributed by atoms with Gasteiger partial charge in [0.2, 0.25) is 5.91 Å². The van der Waals surface area contributed by atoms with Gasteiger partial charge in [-0.2, -0.15) is 0 Å². The lowest BCUT2D eigenvalue weighted by molar-refractivity contribution is -0.145.